The fourth-order valence-electron chi connectivity index (χ4n) is 2.86. The van der Waals surface area contributed by atoms with Gasteiger partial charge in [0, 0.05) is 0 Å². The molecule has 0 radical (unpaired) electrons. The van der Waals surface area contributed by atoms with Gasteiger partial charge >= 0.3 is 11.6 Å². The molecule has 0 bridgehead atoms. The van der Waals surface area contributed by atoms with E-state index in [1.165, 1.54) is 24.3 Å². The van der Waals surface area contributed by atoms with Crippen LogP contribution in [0, 0.1) is 11.6 Å². The molecule has 0 saturated carbocycles. The number of esters is 1. The van der Waals surface area contributed by atoms with E-state index in [1.54, 1.807) is 20.8 Å². The van der Waals surface area contributed by atoms with Crippen molar-refractivity contribution in [3.63, 3.8) is 0 Å². The first kappa shape index (κ1) is 21.9. The minimum absolute atomic E-state index is 0.0494. The lowest BCUT2D eigenvalue weighted by Gasteiger charge is -2.19. The number of carbonyl (C=O) groups excluding carboxylic acids is 2. The van der Waals surface area contributed by atoms with Crippen LogP contribution in [0.15, 0.2) is 45.6 Å². The van der Waals surface area contributed by atoms with Crippen LogP contribution in [-0.4, -0.2) is 29.1 Å². The van der Waals surface area contributed by atoms with Crippen molar-refractivity contribution in [1.82, 2.24) is 5.32 Å². The summed E-state index contributed by atoms with van der Waals surface area (Å²) in [7, 11) is 0. The Labute approximate surface area is 175 Å². The average molecular weight is 431 g/mol. The standard InChI is InChI=1S/C22H19F2NO6/c1-22(2,3)31-17(26)10-25-20(28)18-19(27)13-6-4-12(9-16(13)30-21(18)29)11-5-7-14(23)15(24)8-11/h4-9,27H,10H2,1-3H3,(H,25,28). The maximum Gasteiger partial charge on any atom is 0.353 e. The second-order valence-corrected chi connectivity index (χ2v) is 7.72. The van der Waals surface area contributed by atoms with Gasteiger partial charge in [-0.05, 0) is 56.2 Å². The molecule has 31 heavy (non-hydrogen) atoms. The number of hydrogen-bond donors (Lipinski definition) is 2. The van der Waals surface area contributed by atoms with Crippen molar-refractivity contribution in [2.45, 2.75) is 26.4 Å². The molecule has 0 aliphatic carbocycles. The number of benzene rings is 2. The molecule has 0 aliphatic rings. The van der Waals surface area contributed by atoms with E-state index in [9.17, 15) is 28.3 Å². The van der Waals surface area contributed by atoms with Gasteiger partial charge in [0.1, 0.15) is 23.5 Å². The Bertz CT molecular complexity index is 1240. The van der Waals surface area contributed by atoms with E-state index < -0.39 is 52.6 Å². The van der Waals surface area contributed by atoms with Gasteiger partial charge in [0.25, 0.3) is 5.91 Å². The molecule has 0 saturated heterocycles. The van der Waals surface area contributed by atoms with Gasteiger partial charge in [-0.3, -0.25) is 9.59 Å². The summed E-state index contributed by atoms with van der Waals surface area (Å²) in [5, 5.41) is 12.7. The maximum absolute atomic E-state index is 13.5. The molecular weight excluding hydrogens is 412 g/mol. The smallest absolute Gasteiger partial charge is 0.353 e. The molecule has 0 aliphatic heterocycles. The van der Waals surface area contributed by atoms with E-state index >= 15 is 0 Å². The lowest BCUT2D eigenvalue weighted by atomic mass is 10.0. The second kappa shape index (κ2) is 8.17. The van der Waals surface area contributed by atoms with E-state index in [2.05, 4.69) is 5.32 Å². The van der Waals surface area contributed by atoms with Gasteiger partial charge in [-0.15, -0.1) is 0 Å². The third-order valence-electron chi connectivity index (χ3n) is 4.17. The zero-order valence-electron chi connectivity index (χ0n) is 16.9. The summed E-state index contributed by atoms with van der Waals surface area (Å²) in [4.78, 5) is 36.4. The van der Waals surface area contributed by atoms with E-state index in [0.717, 1.165) is 12.1 Å². The molecule has 0 atom stereocenters. The molecule has 0 spiro atoms. The van der Waals surface area contributed by atoms with Crippen molar-refractivity contribution in [2.75, 3.05) is 6.54 Å². The van der Waals surface area contributed by atoms with Gasteiger partial charge in [0.15, 0.2) is 17.2 Å². The minimum atomic E-state index is -1.13. The molecule has 1 aromatic heterocycles. The predicted molar refractivity (Wildman–Crippen MR) is 108 cm³/mol. The zero-order chi connectivity index (χ0) is 22.9. The fourth-order valence-corrected chi connectivity index (χ4v) is 2.86. The number of nitrogens with one attached hydrogen (secondary N) is 1. The third kappa shape index (κ3) is 4.88. The maximum atomic E-state index is 13.5. The van der Waals surface area contributed by atoms with E-state index in [0.29, 0.717) is 11.1 Å². The van der Waals surface area contributed by atoms with Crippen LogP contribution in [0.4, 0.5) is 8.78 Å². The van der Waals surface area contributed by atoms with Crippen molar-refractivity contribution < 1.29 is 32.6 Å². The van der Waals surface area contributed by atoms with Crippen molar-refractivity contribution >= 4 is 22.8 Å². The summed E-state index contributed by atoms with van der Waals surface area (Å²) >= 11 is 0. The monoisotopic (exact) mass is 431 g/mol. The summed E-state index contributed by atoms with van der Waals surface area (Å²) in [6, 6.07) is 7.49. The Balaban J connectivity index is 1.91. The molecule has 0 unspecified atom stereocenters. The first-order valence-corrected chi connectivity index (χ1v) is 9.21. The average Bonchev–Trinajstić information content (AvgIpc) is 2.66. The molecule has 1 amide bonds. The number of halogens is 2. The topological polar surface area (TPSA) is 106 Å². The van der Waals surface area contributed by atoms with Gasteiger partial charge in [0.2, 0.25) is 0 Å². The van der Waals surface area contributed by atoms with Crippen LogP contribution in [-0.2, 0) is 9.53 Å². The first-order chi connectivity index (χ1) is 14.5. The summed E-state index contributed by atoms with van der Waals surface area (Å²) in [5.41, 5.74) is -1.89. The zero-order valence-corrected chi connectivity index (χ0v) is 16.9. The second-order valence-electron chi connectivity index (χ2n) is 7.72. The fraction of sp³-hybridized carbons (Fsp3) is 0.227. The Kier molecular flexibility index (Phi) is 5.79. The molecule has 1 heterocycles. The predicted octanol–water partition coefficient (Wildman–Crippen LogP) is 3.52. The summed E-state index contributed by atoms with van der Waals surface area (Å²) in [5.74, 6) is -4.41. The SMILES string of the molecule is CC(C)(C)OC(=O)CNC(=O)c1c(O)c2ccc(-c3ccc(F)c(F)c3)cc2oc1=O. The van der Waals surface area contributed by atoms with Gasteiger partial charge < -0.3 is 19.6 Å². The van der Waals surface area contributed by atoms with Gasteiger partial charge in [-0.2, -0.15) is 0 Å². The number of amides is 1. The largest absolute Gasteiger partial charge is 0.506 e. The number of rotatable bonds is 4. The highest BCUT2D eigenvalue weighted by atomic mass is 19.2. The Morgan fingerprint density at radius 3 is 2.35 bits per heavy atom. The highest BCUT2D eigenvalue weighted by Crippen LogP contribution is 2.31. The Hall–Kier alpha value is -3.75. The molecule has 9 heteroatoms. The quantitative estimate of drug-likeness (QED) is 0.484. The van der Waals surface area contributed by atoms with Crippen LogP contribution in [0.25, 0.3) is 22.1 Å². The molecule has 162 valence electrons. The van der Waals surface area contributed by atoms with Crippen LogP contribution >= 0.6 is 0 Å². The van der Waals surface area contributed by atoms with E-state index in [-0.39, 0.29) is 11.0 Å². The number of hydrogen-bond acceptors (Lipinski definition) is 6. The lowest BCUT2D eigenvalue weighted by Crippen LogP contribution is -2.36. The highest BCUT2D eigenvalue weighted by Gasteiger charge is 2.23. The van der Waals surface area contributed by atoms with Crippen LogP contribution in [0.3, 0.4) is 0 Å². The summed E-state index contributed by atoms with van der Waals surface area (Å²) < 4.78 is 36.9. The van der Waals surface area contributed by atoms with Crippen LogP contribution in [0.2, 0.25) is 0 Å². The van der Waals surface area contributed by atoms with Gasteiger partial charge in [0.05, 0.1) is 5.39 Å². The molecular formula is C22H19F2NO6. The summed E-state index contributed by atoms with van der Waals surface area (Å²) in [6.45, 7) is 4.46. The molecule has 0 fully saturated rings. The number of aromatic hydroxyl groups is 1. The normalized spacial score (nSPS) is 11.4. The molecule has 3 aromatic rings. The number of fused-ring (bicyclic) bond motifs is 1. The summed E-state index contributed by atoms with van der Waals surface area (Å²) in [6.07, 6.45) is 0. The number of ether oxygens (including phenoxy) is 1. The van der Waals surface area contributed by atoms with Crippen LogP contribution in [0.5, 0.6) is 5.75 Å². The minimum Gasteiger partial charge on any atom is -0.506 e. The van der Waals surface area contributed by atoms with Crippen molar-refractivity contribution in [3.05, 3.63) is 64.0 Å². The van der Waals surface area contributed by atoms with Crippen LogP contribution < -0.4 is 10.9 Å². The molecule has 2 aromatic carbocycles. The molecule has 3 rings (SSSR count). The van der Waals surface area contributed by atoms with E-state index in [1.807, 2.05) is 0 Å². The lowest BCUT2D eigenvalue weighted by molar-refractivity contribution is -0.153. The first-order valence-electron chi connectivity index (χ1n) is 9.21. The highest BCUT2D eigenvalue weighted by molar-refractivity contribution is 6.02. The molecule has 7 nitrogen and oxygen atoms in total. The Morgan fingerprint density at radius 2 is 1.71 bits per heavy atom. The van der Waals surface area contributed by atoms with Crippen molar-refractivity contribution in [3.8, 4) is 16.9 Å². The van der Waals surface area contributed by atoms with Crippen molar-refractivity contribution in [2.24, 2.45) is 0 Å². The Morgan fingerprint density at radius 1 is 1.06 bits per heavy atom. The van der Waals surface area contributed by atoms with Crippen molar-refractivity contribution in [1.29, 1.82) is 0 Å². The van der Waals surface area contributed by atoms with E-state index in [4.69, 9.17) is 9.15 Å². The molecule has 2 N–H and O–H groups in total. The van der Waals surface area contributed by atoms with Crippen LogP contribution in [0.1, 0.15) is 31.1 Å². The third-order valence-corrected chi connectivity index (χ3v) is 4.17. The number of carbonyl (C=O) groups is 2. The van der Waals surface area contributed by atoms with Gasteiger partial charge in [-0.1, -0.05) is 12.1 Å². The van der Waals surface area contributed by atoms with Gasteiger partial charge in [-0.25, -0.2) is 13.6 Å².